The molecule has 0 bridgehead atoms. The fourth-order valence-electron chi connectivity index (χ4n) is 1.49. The number of amides is 1. The number of hydrogen-bond acceptors (Lipinski definition) is 5. The second-order valence-electron chi connectivity index (χ2n) is 4.68. The minimum absolute atomic E-state index is 0.0301. The Labute approximate surface area is 123 Å². The van der Waals surface area contributed by atoms with Gasteiger partial charge in [0, 0.05) is 13.0 Å². The van der Waals surface area contributed by atoms with E-state index >= 15 is 0 Å². The van der Waals surface area contributed by atoms with Crippen LogP contribution in [0.2, 0.25) is 0 Å². The van der Waals surface area contributed by atoms with Crippen molar-refractivity contribution in [1.82, 2.24) is 10.0 Å². The monoisotopic (exact) mass is 320 g/mol. The summed E-state index contributed by atoms with van der Waals surface area (Å²) in [6.45, 7) is 3.67. The Morgan fingerprint density at radius 1 is 1.45 bits per heavy atom. The van der Waals surface area contributed by atoms with Gasteiger partial charge in [0.1, 0.15) is 4.21 Å². The highest BCUT2D eigenvalue weighted by Crippen LogP contribution is 2.14. The number of sulfonamides is 1. The van der Waals surface area contributed by atoms with Crippen LogP contribution in [0, 0.1) is 5.92 Å². The molecule has 8 heteroatoms. The van der Waals surface area contributed by atoms with Crippen LogP contribution in [-0.2, 0) is 14.8 Å². The molecule has 0 saturated carbocycles. The molecular formula is C12H20N2O4S2. The Bertz CT molecular complexity index is 512. The third-order valence-electron chi connectivity index (χ3n) is 2.75. The maximum atomic E-state index is 11.8. The smallest absolute Gasteiger partial charge is 0.250 e. The van der Waals surface area contributed by atoms with Crippen molar-refractivity contribution in [2.75, 3.05) is 13.2 Å². The Kier molecular flexibility index (Phi) is 6.60. The molecule has 0 aliphatic heterocycles. The minimum Gasteiger partial charge on any atom is -0.394 e. The highest BCUT2D eigenvalue weighted by atomic mass is 32.2. The number of rotatable bonds is 8. The van der Waals surface area contributed by atoms with Gasteiger partial charge in [0.2, 0.25) is 15.9 Å². The number of thiophene rings is 1. The molecule has 1 heterocycles. The van der Waals surface area contributed by atoms with Crippen molar-refractivity contribution in [3.05, 3.63) is 17.5 Å². The van der Waals surface area contributed by atoms with Crippen molar-refractivity contribution in [2.24, 2.45) is 5.92 Å². The van der Waals surface area contributed by atoms with Gasteiger partial charge in [-0.1, -0.05) is 19.9 Å². The van der Waals surface area contributed by atoms with Crippen LogP contribution < -0.4 is 10.0 Å². The molecule has 0 spiro atoms. The molecule has 0 fully saturated rings. The van der Waals surface area contributed by atoms with Crippen LogP contribution in [0.25, 0.3) is 0 Å². The van der Waals surface area contributed by atoms with Crippen LogP contribution in [0.1, 0.15) is 20.3 Å². The molecule has 1 aromatic rings. The topological polar surface area (TPSA) is 95.5 Å². The van der Waals surface area contributed by atoms with Gasteiger partial charge >= 0.3 is 0 Å². The first kappa shape index (κ1) is 17.1. The summed E-state index contributed by atoms with van der Waals surface area (Å²) in [6.07, 6.45) is 0.0355. The highest BCUT2D eigenvalue weighted by molar-refractivity contribution is 7.91. The molecule has 0 aliphatic rings. The molecule has 6 nitrogen and oxygen atoms in total. The van der Waals surface area contributed by atoms with Crippen molar-refractivity contribution in [2.45, 2.75) is 30.5 Å². The highest BCUT2D eigenvalue weighted by Gasteiger charge is 2.17. The summed E-state index contributed by atoms with van der Waals surface area (Å²) in [5.41, 5.74) is 0. The van der Waals surface area contributed by atoms with Gasteiger partial charge < -0.3 is 10.4 Å². The molecular weight excluding hydrogens is 300 g/mol. The maximum Gasteiger partial charge on any atom is 0.250 e. The first-order valence-electron chi connectivity index (χ1n) is 6.30. The summed E-state index contributed by atoms with van der Waals surface area (Å²) in [4.78, 5) is 11.6. The van der Waals surface area contributed by atoms with E-state index in [-0.39, 0.29) is 41.6 Å². The second kappa shape index (κ2) is 7.72. The molecule has 1 rings (SSSR count). The van der Waals surface area contributed by atoms with Crippen molar-refractivity contribution >= 4 is 27.3 Å². The lowest BCUT2D eigenvalue weighted by Gasteiger charge is -2.19. The lowest BCUT2D eigenvalue weighted by Crippen LogP contribution is -2.42. The molecule has 0 aromatic carbocycles. The number of aliphatic hydroxyl groups is 1. The molecule has 0 radical (unpaired) electrons. The lowest BCUT2D eigenvalue weighted by molar-refractivity contribution is -0.122. The number of carbonyl (C=O) groups excluding carboxylic acids is 1. The largest absolute Gasteiger partial charge is 0.394 e. The molecule has 114 valence electrons. The molecule has 1 atom stereocenters. The summed E-state index contributed by atoms with van der Waals surface area (Å²) in [6, 6.07) is 2.85. The van der Waals surface area contributed by atoms with Crippen LogP contribution in [0.15, 0.2) is 21.7 Å². The third kappa shape index (κ3) is 5.20. The van der Waals surface area contributed by atoms with Gasteiger partial charge in [-0.05, 0) is 17.4 Å². The van der Waals surface area contributed by atoms with Crippen LogP contribution in [0.5, 0.6) is 0 Å². The fraction of sp³-hybridized carbons (Fsp3) is 0.583. The number of carbonyl (C=O) groups is 1. The zero-order chi connectivity index (χ0) is 15.2. The van der Waals surface area contributed by atoms with E-state index in [1.807, 2.05) is 13.8 Å². The zero-order valence-electron chi connectivity index (χ0n) is 11.5. The Morgan fingerprint density at radius 3 is 2.65 bits per heavy atom. The van der Waals surface area contributed by atoms with Gasteiger partial charge in [-0.3, -0.25) is 4.79 Å². The summed E-state index contributed by atoms with van der Waals surface area (Å²) in [5, 5.41) is 13.4. The van der Waals surface area contributed by atoms with Gasteiger partial charge in [-0.15, -0.1) is 11.3 Å². The first-order valence-corrected chi connectivity index (χ1v) is 8.66. The van der Waals surface area contributed by atoms with Crippen LogP contribution in [-0.4, -0.2) is 38.6 Å². The summed E-state index contributed by atoms with van der Waals surface area (Å²) in [7, 11) is -3.52. The number of nitrogens with one attached hydrogen (secondary N) is 2. The second-order valence-corrected chi connectivity index (χ2v) is 7.62. The quantitative estimate of drug-likeness (QED) is 0.652. The molecule has 1 aromatic heterocycles. The Balaban J connectivity index is 2.39. The molecule has 0 saturated heterocycles. The molecule has 20 heavy (non-hydrogen) atoms. The van der Waals surface area contributed by atoms with E-state index < -0.39 is 10.0 Å². The standard InChI is InChI=1S/C12H20N2O4S2/c1-9(2)10(8-15)14-11(16)5-6-13-20(17,18)12-4-3-7-19-12/h3-4,7,9-10,13,15H,5-6,8H2,1-2H3,(H,14,16)/t10-/m1/s1. The molecule has 3 N–H and O–H groups in total. The minimum atomic E-state index is -3.52. The van der Waals surface area contributed by atoms with E-state index in [0.717, 1.165) is 11.3 Å². The summed E-state index contributed by atoms with van der Waals surface area (Å²) < 4.78 is 26.2. The van der Waals surface area contributed by atoms with Gasteiger partial charge in [0.25, 0.3) is 0 Å². The van der Waals surface area contributed by atoms with Crippen molar-refractivity contribution in [1.29, 1.82) is 0 Å². The van der Waals surface area contributed by atoms with Crippen LogP contribution in [0.4, 0.5) is 0 Å². The normalized spacial score (nSPS) is 13.4. The third-order valence-corrected chi connectivity index (χ3v) is 5.61. The van der Waals surface area contributed by atoms with Gasteiger partial charge in [-0.2, -0.15) is 0 Å². The van der Waals surface area contributed by atoms with Crippen LogP contribution in [0.3, 0.4) is 0 Å². The Hall–Kier alpha value is -0.960. The first-order chi connectivity index (χ1) is 9.36. The zero-order valence-corrected chi connectivity index (χ0v) is 13.1. The van der Waals surface area contributed by atoms with E-state index in [4.69, 9.17) is 5.11 Å². The fourth-order valence-corrected chi connectivity index (χ4v) is 3.56. The Morgan fingerprint density at radius 2 is 2.15 bits per heavy atom. The maximum absolute atomic E-state index is 11.8. The summed E-state index contributed by atoms with van der Waals surface area (Å²) >= 11 is 1.12. The number of aliphatic hydroxyl groups excluding tert-OH is 1. The van der Waals surface area contributed by atoms with Gasteiger partial charge in [0.15, 0.2) is 0 Å². The van der Waals surface area contributed by atoms with Crippen molar-refractivity contribution in [3.8, 4) is 0 Å². The lowest BCUT2D eigenvalue weighted by atomic mass is 10.1. The van der Waals surface area contributed by atoms with Crippen molar-refractivity contribution in [3.63, 3.8) is 0 Å². The average molecular weight is 320 g/mol. The van der Waals surface area contributed by atoms with Gasteiger partial charge in [0.05, 0.1) is 12.6 Å². The molecule has 1 amide bonds. The van der Waals surface area contributed by atoms with Crippen LogP contribution >= 0.6 is 11.3 Å². The molecule has 0 aliphatic carbocycles. The molecule has 0 unspecified atom stereocenters. The predicted molar refractivity (Wildman–Crippen MR) is 78.0 cm³/mol. The van der Waals surface area contributed by atoms with Crippen molar-refractivity contribution < 1.29 is 18.3 Å². The van der Waals surface area contributed by atoms with E-state index in [2.05, 4.69) is 10.0 Å². The number of hydrogen-bond donors (Lipinski definition) is 3. The average Bonchev–Trinajstić information content (AvgIpc) is 2.89. The van der Waals surface area contributed by atoms with E-state index in [9.17, 15) is 13.2 Å². The van der Waals surface area contributed by atoms with Gasteiger partial charge in [-0.25, -0.2) is 13.1 Å². The van der Waals surface area contributed by atoms with E-state index in [1.54, 1.807) is 11.4 Å². The predicted octanol–water partition coefficient (Wildman–Crippen LogP) is 0.550. The van der Waals surface area contributed by atoms with E-state index in [0.29, 0.717) is 0 Å². The SMILES string of the molecule is CC(C)[C@@H](CO)NC(=O)CCNS(=O)(=O)c1cccs1. The summed E-state index contributed by atoms with van der Waals surface area (Å²) in [5.74, 6) is -0.168. The van der Waals surface area contributed by atoms with E-state index in [1.165, 1.54) is 6.07 Å².